The van der Waals surface area contributed by atoms with Gasteiger partial charge in [-0.1, -0.05) is 62.4 Å². The topological polar surface area (TPSA) is 9.23 Å². The summed E-state index contributed by atoms with van der Waals surface area (Å²) < 4.78 is 5.45. The van der Waals surface area contributed by atoms with Gasteiger partial charge < -0.3 is 4.74 Å². The van der Waals surface area contributed by atoms with E-state index in [0.29, 0.717) is 17.9 Å². The van der Waals surface area contributed by atoms with Crippen molar-refractivity contribution in [3.8, 4) is 0 Å². The van der Waals surface area contributed by atoms with Crippen LogP contribution in [-0.2, 0) is 11.2 Å². The third-order valence-electron chi connectivity index (χ3n) is 5.17. The number of methoxy groups -OCH3 is 1. The molecular weight excluding hydrogens is 268 g/mol. The molecule has 1 aliphatic carbocycles. The van der Waals surface area contributed by atoms with Gasteiger partial charge in [0.1, 0.15) is 0 Å². The van der Waals surface area contributed by atoms with E-state index in [1.807, 2.05) is 0 Å². The van der Waals surface area contributed by atoms with Crippen molar-refractivity contribution in [3.05, 3.63) is 70.8 Å². The number of rotatable bonds is 6. The van der Waals surface area contributed by atoms with Crippen LogP contribution in [0.15, 0.2) is 48.5 Å². The molecule has 3 unspecified atom stereocenters. The monoisotopic (exact) mass is 294 g/mol. The third kappa shape index (κ3) is 2.96. The maximum atomic E-state index is 5.45. The van der Waals surface area contributed by atoms with Gasteiger partial charge in [0.15, 0.2) is 0 Å². The van der Waals surface area contributed by atoms with Crippen molar-refractivity contribution in [2.45, 2.75) is 51.0 Å². The molecule has 0 saturated heterocycles. The Morgan fingerprint density at radius 2 is 1.86 bits per heavy atom. The molecule has 0 bridgehead atoms. The summed E-state index contributed by atoms with van der Waals surface area (Å²) in [7, 11) is 1.80. The fourth-order valence-corrected chi connectivity index (χ4v) is 3.64. The second-order valence-electron chi connectivity index (χ2n) is 6.54. The lowest BCUT2D eigenvalue weighted by molar-refractivity contribution is 0.0844. The van der Waals surface area contributed by atoms with Gasteiger partial charge in [-0.15, -0.1) is 0 Å². The zero-order valence-electron chi connectivity index (χ0n) is 13.9. The fraction of sp³-hybridized carbons (Fsp3) is 0.429. The smallest absolute Gasteiger partial charge is 0.0864 e. The predicted molar refractivity (Wildman–Crippen MR) is 92.4 cm³/mol. The molecular formula is C21H26O. The SMILES string of the molecule is CCC(CC(C)c1ccc2c(c1)CC2OC)c1ccccc1. The van der Waals surface area contributed by atoms with Crippen LogP contribution in [0.4, 0.5) is 0 Å². The molecule has 1 nitrogen and oxygen atoms in total. The Morgan fingerprint density at radius 1 is 1.09 bits per heavy atom. The van der Waals surface area contributed by atoms with Crippen molar-refractivity contribution in [1.29, 1.82) is 0 Å². The second-order valence-corrected chi connectivity index (χ2v) is 6.54. The minimum absolute atomic E-state index is 0.326. The number of ether oxygens (including phenoxy) is 1. The Kier molecular flexibility index (Phi) is 4.63. The lowest BCUT2D eigenvalue weighted by Crippen LogP contribution is -2.19. The molecule has 3 rings (SSSR count). The van der Waals surface area contributed by atoms with Gasteiger partial charge in [-0.3, -0.25) is 0 Å². The summed E-state index contributed by atoms with van der Waals surface area (Å²) in [5.41, 5.74) is 5.81. The van der Waals surface area contributed by atoms with Crippen LogP contribution < -0.4 is 0 Å². The number of hydrogen-bond donors (Lipinski definition) is 0. The third-order valence-corrected chi connectivity index (χ3v) is 5.17. The van der Waals surface area contributed by atoms with Crippen LogP contribution in [0.2, 0.25) is 0 Å². The first kappa shape index (κ1) is 15.3. The van der Waals surface area contributed by atoms with Gasteiger partial charge in [0.25, 0.3) is 0 Å². The molecule has 1 heteroatoms. The van der Waals surface area contributed by atoms with E-state index in [0.717, 1.165) is 6.42 Å². The maximum Gasteiger partial charge on any atom is 0.0864 e. The van der Waals surface area contributed by atoms with E-state index in [9.17, 15) is 0 Å². The summed E-state index contributed by atoms with van der Waals surface area (Å²) in [6, 6.07) is 17.9. The molecule has 0 aliphatic heterocycles. The quantitative estimate of drug-likeness (QED) is 0.672. The van der Waals surface area contributed by atoms with Crippen molar-refractivity contribution < 1.29 is 4.74 Å². The highest BCUT2D eigenvalue weighted by molar-refractivity contribution is 5.42. The average Bonchev–Trinajstić information content (AvgIpc) is 2.54. The van der Waals surface area contributed by atoms with Crippen molar-refractivity contribution in [2.24, 2.45) is 0 Å². The van der Waals surface area contributed by atoms with E-state index in [4.69, 9.17) is 4.74 Å². The molecule has 0 radical (unpaired) electrons. The lowest BCUT2D eigenvalue weighted by atomic mass is 9.80. The minimum Gasteiger partial charge on any atom is -0.376 e. The van der Waals surface area contributed by atoms with Crippen molar-refractivity contribution in [1.82, 2.24) is 0 Å². The van der Waals surface area contributed by atoms with E-state index < -0.39 is 0 Å². The van der Waals surface area contributed by atoms with Crippen LogP contribution in [0.1, 0.15) is 66.9 Å². The first-order valence-corrected chi connectivity index (χ1v) is 8.43. The van der Waals surface area contributed by atoms with Gasteiger partial charge >= 0.3 is 0 Å². The maximum absolute atomic E-state index is 5.45. The molecule has 1 aliphatic rings. The summed E-state index contributed by atoms with van der Waals surface area (Å²) in [6.07, 6.45) is 3.81. The van der Waals surface area contributed by atoms with Crippen LogP contribution in [-0.4, -0.2) is 7.11 Å². The second kappa shape index (κ2) is 6.66. The summed E-state index contributed by atoms with van der Waals surface area (Å²) in [5, 5.41) is 0. The van der Waals surface area contributed by atoms with Crippen LogP contribution in [0.5, 0.6) is 0 Å². The van der Waals surface area contributed by atoms with E-state index in [2.05, 4.69) is 62.4 Å². The molecule has 0 heterocycles. The largest absolute Gasteiger partial charge is 0.376 e. The molecule has 2 aromatic rings. The minimum atomic E-state index is 0.326. The first-order chi connectivity index (χ1) is 10.7. The van der Waals surface area contributed by atoms with Crippen LogP contribution in [0.25, 0.3) is 0 Å². The Morgan fingerprint density at radius 3 is 2.50 bits per heavy atom. The van der Waals surface area contributed by atoms with Crippen molar-refractivity contribution >= 4 is 0 Å². The predicted octanol–water partition coefficient (Wildman–Crippen LogP) is 5.62. The molecule has 22 heavy (non-hydrogen) atoms. The molecule has 2 aromatic carbocycles. The highest BCUT2D eigenvalue weighted by Gasteiger charge is 2.26. The standard InChI is InChI=1S/C21H26O/c1-4-16(17-8-6-5-7-9-17)12-15(2)18-10-11-20-19(13-18)14-21(20)22-3/h5-11,13,15-16,21H,4,12,14H2,1-3H3. The van der Waals surface area contributed by atoms with Crippen LogP contribution in [0, 0.1) is 0 Å². The van der Waals surface area contributed by atoms with Crippen LogP contribution >= 0.6 is 0 Å². The zero-order valence-corrected chi connectivity index (χ0v) is 13.9. The highest BCUT2D eigenvalue weighted by Crippen LogP contribution is 2.39. The molecule has 0 spiro atoms. The van der Waals surface area contributed by atoms with E-state index >= 15 is 0 Å². The lowest BCUT2D eigenvalue weighted by Gasteiger charge is -2.30. The molecule has 0 aromatic heterocycles. The average molecular weight is 294 g/mol. The normalized spacial score (nSPS) is 19.1. The Labute approximate surface area is 134 Å². The number of benzene rings is 2. The highest BCUT2D eigenvalue weighted by atomic mass is 16.5. The molecule has 116 valence electrons. The molecule has 0 saturated carbocycles. The fourth-order valence-electron chi connectivity index (χ4n) is 3.64. The van der Waals surface area contributed by atoms with Gasteiger partial charge in [-0.2, -0.15) is 0 Å². The van der Waals surface area contributed by atoms with Crippen molar-refractivity contribution in [2.75, 3.05) is 7.11 Å². The zero-order chi connectivity index (χ0) is 15.5. The summed E-state index contributed by atoms with van der Waals surface area (Å²) in [6.45, 7) is 4.66. The first-order valence-electron chi connectivity index (χ1n) is 8.43. The molecule has 0 amide bonds. The number of hydrogen-bond acceptors (Lipinski definition) is 1. The molecule has 0 fully saturated rings. The van der Waals surface area contributed by atoms with Gasteiger partial charge in [0, 0.05) is 13.5 Å². The molecule has 3 atom stereocenters. The van der Waals surface area contributed by atoms with E-state index in [1.165, 1.54) is 35.1 Å². The van der Waals surface area contributed by atoms with Gasteiger partial charge in [0.2, 0.25) is 0 Å². The summed E-state index contributed by atoms with van der Waals surface area (Å²) in [5.74, 6) is 1.24. The number of fused-ring (bicyclic) bond motifs is 1. The van der Waals surface area contributed by atoms with Gasteiger partial charge in [-0.25, -0.2) is 0 Å². The van der Waals surface area contributed by atoms with Gasteiger partial charge in [0.05, 0.1) is 6.10 Å². The van der Waals surface area contributed by atoms with E-state index in [-0.39, 0.29) is 0 Å². The summed E-state index contributed by atoms with van der Waals surface area (Å²) in [4.78, 5) is 0. The van der Waals surface area contributed by atoms with Gasteiger partial charge in [-0.05, 0) is 46.9 Å². The molecule has 0 N–H and O–H groups in total. The Hall–Kier alpha value is -1.60. The Bertz CT molecular complexity index is 617. The summed E-state index contributed by atoms with van der Waals surface area (Å²) >= 11 is 0. The van der Waals surface area contributed by atoms with Crippen molar-refractivity contribution in [3.63, 3.8) is 0 Å². The Balaban J connectivity index is 1.71. The van der Waals surface area contributed by atoms with E-state index in [1.54, 1.807) is 7.11 Å². The van der Waals surface area contributed by atoms with Crippen LogP contribution in [0.3, 0.4) is 0 Å².